The van der Waals surface area contributed by atoms with Crippen LogP contribution in [0.5, 0.6) is 0 Å². The zero-order valence-electron chi connectivity index (χ0n) is 12.5. The van der Waals surface area contributed by atoms with Gasteiger partial charge in [-0.2, -0.15) is 4.31 Å². The highest BCUT2D eigenvalue weighted by molar-refractivity contribution is 7.89. The van der Waals surface area contributed by atoms with E-state index in [4.69, 9.17) is 0 Å². The molecule has 0 saturated carbocycles. The van der Waals surface area contributed by atoms with E-state index in [-0.39, 0.29) is 22.9 Å². The molecule has 118 valence electrons. The van der Waals surface area contributed by atoms with Crippen LogP contribution in [0.25, 0.3) is 10.2 Å². The van der Waals surface area contributed by atoms with Crippen molar-refractivity contribution in [3.05, 3.63) is 23.7 Å². The molecule has 22 heavy (non-hydrogen) atoms. The summed E-state index contributed by atoms with van der Waals surface area (Å²) in [5.74, 6) is -0.278. The molecule has 1 aliphatic rings. The topological polar surface area (TPSA) is 79.4 Å². The first-order valence-electron chi connectivity index (χ1n) is 6.99. The predicted octanol–water partition coefficient (Wildman–Crippen LogP) is 1.58. The number of carbonyl (C=O) groups excluding carboxylic acids is 1. The molecule has 0 radical (unpaired) electrons. The number of hydrogen-bond acceptors (Lipinski definition) is 5. The normalized spacial score (nSPS) is 27.0. The molecule has 1 amide bonds. The number of piperazine rings is 1. The maximum absolute atomic E-state index is 13.0. The van der Waals surface area contributed by atoms with Gasteiger partial charge in [-0.15, -0.1) is 11.3 Å². The standard InChI is InChI=1S/C14H17N3O3S2/c1-8-9(2)17(10(3)14(18)16-8)22(19,20)11-6-13-12(15-7-11)4-5-21-13/h4-10H,1-3H3,(H,16,18). The molecule has 1 fully saturated rings. The second kappa shape index (κ2) is 5.29. The molecular formula is C14H17N3O3S2. The lowest BCUT2D eigenvalue weighted by Crippen LogP contribution is -2.64. The fourth-order valence-electron chi connectivity index (χ4n) is 2.67. The van der Waals surface area contributed by atoms with E-state index in [0.717, 1.165) is 10.2 Å². The molecule has 0 spiro atoms. The van der Waals surface area contributed by atoms with Gasteiger partial charge in [0.1, 0.15) is 10.9 Å². The van der Waals surface area contributed by atoms with Crippen LogP contribution in [0.15, 0.2) is 28.6 Å². The number of rotatable bonds is 2. The van der Waals surface area contributed by atoms with Crippen molar-refractivity contribution in [2.75, 3.05) is 0 Å². The number of fused-ring (bicyclic) bond motifs is 1. The number of amides is 1. The average molecular weight is 339 g/mol. The van der Waals surface area contributed by atoms with E-state index in [1.807, 2.05) is 11.4 Å². The third-order valence-electron chi connectivity index (χ3n) is 4.11. The van der Waals surface area contributed by atoms with Crippen LogP contribution >= 0.6 is 11.3 Å². The van der Waals surface area contributed by atoms with Gasteiger partial charge in [0.15, 0.2) is 0 Å². The van der Waals surface area contributed by atoms with E-state index in [0.29, 0.717) is 0 Å². The number of carbonyl (C=O) groups is 1. The Morgan fingerprint density at radius 2 is 2.05 bits per heavy atom. The number of nitrogens with one attached hydrogen (secondary N) is 1. The van der Waals surface area contributed by atoms with Gasteiger partial charge in [-0.1, -0.05) is 0 Å². The van der Waals surface area contributed by atoms with Crippen LogP contribution in [-0.2, 0) is 14.8 Å². The molecular weight excluding hydrogens is 322 g/mol. The van der Waals surface area contributed by atoms with Crippen molar-refractivity contribution in [3.8, 4) is 0 Å². The van der Waals surface area contributed by atoms with E-state index in [1.165, 1.54) is 21.8 Å². The third kappa shape index (κ3) is 2.31. The quantitative estimate of drug-likeness (QED) is 0.901. The Hall–Kier alpha value is -1.51. The third-order valence-corrected chi connectivity index (χ3v) is 6.99. The summed E-state index contributed by atoms with van der Waals surface area (Å²) in [4.78, 5) is 16.3. The predicted molar refractivity (Wildman–Crippen MR) is 85.2 cm³/mol. The molecule has 2 aromatic rings. The summed E-state index contributed by atoms with van der Waals surface area (Å²) in [5, 5.41) is 4.67. The van der Waals surface area contributed by atoms with Crippen molar-refractivity contribution in [1.29, 1.82) is 0 Å². The lowest BCUT2D eigenvalue weighted by atomic mass is 10.1. The van der Waals surface area contributed by atoms with Crippen LogP contribution in [-0.4, -0.2) is 41.7 Å². The Morgan fingerprint density at radius 3 is 2.77 bits per heavy atom. The minimum Gasteiger partial charge on any atom is -0.351 e. The highest BCUT2D eigenvalue weighted by atomic mass is 32.2. The van der Waals surface area contributed by atoms with E-state index in [2.05, 4.69) is 10.3 Å². The van der Waals surface area contributed by atoms with Gasteiger partial charge < -0.3 is 5.32 Å². The second-order valence-corrected chi connectivity index (χ2v) is 8.31. The SMILES string of the molecule is CC1NC(=O)C(C)N(S(=O)(=O)c2cnc3ccsc3c2)C1C. The molecule has 8 heteroatoms. The van der Waals surface area contributed by atoms with E-state index < -0.39 is 16.1 Å². The van der Waals surface area contributed by atoms with E-state index >= 15 is 0 Å². The van der Waals surface area contributed by atoms with Gasteiger partial charge in [0.25, 0.3) is 0 Å². The first kappa shape index (κ1) is 15.4. The monoisotopic (exact) mass is 339 g/mol. The van der Waals surface area contributed by atoms with Crippen molar-refractivity contribution < 1.29 is 13.2 Å². The number of aromatic nitrogens is 1. The van der Waals surface area contributed by atoms with Crippen molar-refractivity contribution in [1.82, 2.24) is 14.6 Å². The fourth-order valence-corrected chi connectivity index (χ4v) is 5.36. The van der Waals surface area contributed by atoms with Crippen LogP contribution in [0.3, 0.4) is 0 Å². The Morgan fingerprint density at radius 1 is 1.32 bits per heavy atom. The van der Waals surface area contributed by atoms with Crippen molar-refractivity contribution >= 4 is 37.5 Å². The van der Waals surface area contributed by atoms with Gasteiger partial charge >= 0.3 is 0 Å². The summed E-state index contributed by atoms with van der Waals surface area (Å²) in [6.45, 7) is 5.21. The van der Waals surface area contributed by atoms with Crippen LogP contribution in [0, 0.1) is 0 Å². The molecule has 3 heterocycles. The first-order chi connectivity index (χ1) is 10.3. The number of sulfonamides is 1. The lowest BCUT2D eigenvalue weighted by Gasteiger charge is -2.40. The van der Waals surface area contributed by atoms with Crippen LogP contribution in [0.2, 0.25) is 0 Å². The number of pyridine rings is 1. The number of nitrogens with zero attached hydrogens (tertiary/aromatic N) is 2. The Labute approximate surface area is 133 Å². The Bertz CT molecular complexity index is 831. The molecule has 1 N–H and O–H groups in total. The highest BCUT2D eigenvalue weighted by Crippen LogP contribution is 2.28. The van der Waals surface area contributed by atoms with Crippen LogP contribution in [0.4, 0.5) is 0 Å². The average Bonchev–Trinajstić information content (AvgIpc) is 2.92. The summed E-state index contributed by atoms with van der Waals surface area (Å²) in [7, 11) is -3.78. The molecule has 6 nitrogen and oxygen atoms in total. The molecule has 3 rings (SSSR count). The number of thiophene rings is 1. The van der Waals surface area contributed by atoms with E-state index in [1.54, 1.807) is 26.8 Å². The van der Waals surface area contributed by atoms with Gasteiger partial charge in [-0.25, -0.2) is 8.42 Å². The van der Waals surface area contributed by atoms with Crippen LogP contribution in [0.1, 0.15) is 20.8 Å². The smallest absolute Gasteiger partial charge is 0.245 e. The molecule has 0 aliphatic carbocycles. The maximum Gasteiger partial charge on any atom is 0.245 e. The lowest BCUT2D eigenvalue weighted by molar-refractivity contribution is -0.128. The van der Waals surface area contributed by atoms with Gasteiger partial charge in [0.2, 0.25) is 15.9 Å². The largest absolute Gasteiger partial charge is 0.351 e. The molecule has 1 saturated heterocycles. The summed E-state index contributed by atoms with van der Waals surface area (Å²) < 4.78 is 28.1. The Kier molecular flexibility index (Phi) is 3.70. The zero-order chi connectivity index (χ0) is 16.1. The summed E-state index contributed by atoms with van der Waals surface area (Å²) in [6, 6.07) is 2.17. The molecule has 0 bridgehead atoms. The van der Waals surface area contributed by atoms with Gasteiger partial charge in [-0.05, 0) is 38.3 Å². The number of hydrogen-bond donors (Lipinski definition) is 1. The zero-order valence-corrected chi connectivity index (χ0v) is 14.1. The first-order valence-corrected chi connectivity index (χ1v) is 9.31. The molecule has 3 atom stereocenters. The fraction of sp³-hybridized carbons (Fsp3) is 0.429. The van der Waals surface area contributed by atoms with Gasteiger partial charge in [-0.3, -0.25) is 9.78 Å². The van der Waals surface area contributed by atoms with E-state index in [9.17, 15) is 13.2 Å². The van der Waals surface area contributed by atoms with Gasteiger partial charge in [0.05, 0.1) is 10.2 Å². The van der Waals surface area contributed by atoms with Crippen molar-refractivity contribution in [3.63, 3.8) is 0 Å². The minimum absolute atomic E-state index is 0.128. The van der Waals surface area contributed by atoms with Crippen molar-refractivity contribution in [2.45, 2.75) is 43.8 Å². The summed E-state index contributed by atoms with van der Waals surface area (Å²) >= 11 is 1.44. The minimum atomic E-state index is -3.78. The second-order valence-electron chi connectivity index (χ2n) is 5.52. The summed E-state index contributed by atoms with van der Waals surface area (Å²) in [6.07, 6.45) is 1.36. The molecule has 1 aliphatic heterocycles. The highest BCUT2D eigenvalue weighted by Gasteiger charge is 2.43. The molecule has 3 unspecified atom stereocenters. The van der Waals surface area contributed by atoms with Gasteiger partial charge in [0, 0.05) is 18.3 Å². The Balaban J connectivity index is 2.08. The summed E-state index contributed by atoms with van der Waals surface area (Å²) in [5.41, 5.74) is 0.773. The molecule has 0 aromatic carbocycles. The van der Waals surface area contributed by atoms with Crippen LogP contribution < -0.4 is 5.32 Å². The maximum atomic E-state index is 13.0. The molecule has 2 aromatic heterocycles. The van der Waals surface area contributed by atoms with Crippen molar-refractivity contribution in [2.24, 2.45) is 0 Å².